The molecule has 0 spiro atoms. The Morgan fingerprint density at radius 1 is 1.32 bits per heavy atom. The number of halogens is 1. The van der Waals surface area contributed by atoms with Gasteiger partial charge in [0.25, 0.3) is 0 Å². The molecule has 0 radical (unpaired) electrons. The molecule has 1 unspecified atom stereocenters. The van der Waals surface area contributed by atoms with Crippen molar-refractivity contribution in [2.75, 3.05) is 17.4 Å². The van der Waals surface area contributed by atoms with Crippen LogP contribution >= 0.6 is 11.6 Å². The molecule has 1 aromatic heterocycles. The lowest BCUT2D eigenvalue weighted by Gasteiger charge is -2.26. The van der Waals surface area contributed by atoms with Crippen LogP contribution in [-0.2, 0) is 0 Å². The molecule has 2 aromatic rings. The van der Waals surface area contributed by atoms with Crippen molar-refractivity contribution >= 4 is 23.2 Å². The van der Waals surface area contributed by atoms with E-state index in [4.69, 9.17) is 17.4 Å². The maximum absolute atomic E-state index is 6.02. The second kappa shape index (κ2) is 5.86. The fraction of sp³-hybridized carbons (Fsp3) is 0.231. The minimum atomic E-state index is 0.138. The number of hydrazine groups is 1. The van der Waals surface area contributed by atoms with Crippen LogP contribution in [0.15, 0.2) is 36.7 Å². The third kappa shape index (κ3) is 3.13. The minimum Gasteiger partial charge on any atom is -0.353 e. The molecule has 0 saturated carbocycles. The average Bonchev–Trinajstić information content (AvgIpc) is 2.45. The number of nitrogens with one attached hydrogen (secondary N) is 1. The fourth-order valence-electron chi connectivity index (χ4n) is 1.81. The lowest BCUT2D eigenvalue weighted by molar-refractivity contribution is 0.727. The molecule has 6 heteroatoms. The van der Waals surface area contributed by atoms with Crippen molar-refractivity contribution in [1.82, 2.24) is 9.97 Å². The Morgan fingerprint density at radius 2 is 2.11 bits per heavy atom. The van der Waals surface area contributed by atoms with Crippen LogP contribution in [0.5, 0.6) is 0 Å². The largest absolute Gasteiger partial charge is 0.353 e. The first-order chi connectivity index (χ1) is 9.11. The van der Waals surface area contributed by atoms with Crippen molar-refractivity contribution in [3.8, 4) is 0 Å². The van der Waals surface area contributed by atoms with Gasteiger partial charge in [-0.3, -0.25) is 0 Å². The summed E-state index contributed by atoms with van der Waals surface area (Å²) in [6.45, 7) is 2.09. The summed E-state index contributed by atoms with van der Waals surface area (Å²) >= 11 is 6.02. The summed E-state index contributed by atoms with van der Waals surface area (Å²) in [6.07, 6.45) is 1.48. The van der Waals surface area contributed by atoms with E-state index in [0.717, 1.165) is 16.4 Å². The molecule has 0 aliphatic heterocycles. The third-order valence-corrected chi connectivity index (χ3v) is 3.31. The number of hydrogen-bond donors (Lipinski definition) is 2. The molecule has 1 heterocycles. The molecule has 5 nitrogen and oxygen atoms in total. The number of anilines is 2. The number of rotatable bonds is 4. The van der Waals surface area contributed by atoms with Gasteiger partial charge in [-0.25, -0.2) is 15.8 Å². The van der Waals surface area contributed by atoms with E-state index in [1.165, 1.54) is 6.33 Å². The highest BCUT2D eigenvalue weighted by molar-refractivity contribution is 6.30. The molecule has 0 fully saturated rings. The molecule has 0 saturated heterocycles. The van der Waals surface area contributed by atoms with Gasteiger partial charge in [0.05, 0.1) is 6.04 Å². The predicted molar refractivity (Wildman–Crippen MR) is 78.1 cm³/mol. The normalized spacial score (nSPS) is 12.0. The van der Waals surface area contributed by atoms with Crippen LogP contribution in [0.1, 0.15) is 18.5 Å². The SMILES string of the molecule is CC(c1cccc(Cl)c1)N(C)c1cc(NN)ncn1. The highest BCUT2D eigenvalue weighted by Crippen LogP contribution is 2.26. The zero-order chi connectivity index (χ0) is 13.8. The molecule has 19 heavy (non-hydrogen) atoms. The van der Waals surface area contributed by atoms with Crippen LogP contribution < -0.4 is 16.2 Å². The molecular weight excluding hydrogens is 262 g/mol. The van der Waals surface area contributed by atoms with Crippen molar-refractivity contribution in [1.29, 1.82) is 0 Å². The van der Waals surface area contributed by atoms with Crippen molar-refractivity contribution < 1.29 is 0 Å². The van der Waals surface area contributed by atoms with Gasteiger partial charge in [-0.05, 0) is 24.6 Å². The zero-order valence-corrected chi connectivity index (χ0v) is 11.6. The molecule has 0 bridgehead atoms. The first kappa shape index (κ1) is 13.6. The van der Waals surface area contributed by atoms with Crippen LogP contribution in [0, 0.1) is 0 Å². The lowest BCUT2D eigenvalue weighted by atomic mass is 10.1. The van der Waals surface area contributed by atoms with E-state index < -0.39 is 0 Å². The van der Waals surface area contributed by atoms with Crippen LogP contribution in [0.4, 0.5) is 11.6 Å². The fourth-order valence-corrected chi connectivity index (χ4v) is 2.01. The van der Waals surface area contributed by atoms with E-state index >= 15 is 0 Å². The van der Waals surface area contributed by atoms with E-state index in [2.05, 4.69) is 22.3 Å². The average molecular weight is 278 g/mol. The summed E-state index contributed by atoms with van der Waals surface area (Å²) in [5.41, 5.74) is 3.63. The van der Waals surface area contributed by atoms with Gasteiger partial charge < -0.3 is 10.3 Å². The topological polar surface area (TPSA) is 67.1 Å². The molecule has 0 amide bonds. The Hall–Kier alpha value is -1.85. The number of aromatic nitrogens is 2. The lowest BCUT2D eigenvalue weighted by Crippen LogP contribution is -2.23. The monoisotopic (exact) mass is 277 g/mol. The predicted octanol–water partition coefficient (Wildman–Crippen LogP) is 2.61. The second-order valence-electron chi connectivity index (χ2n) is 4.25. The highest BCUT2D eigenvalue weighted by Gasteiger charge is 2.14. The van der Waals surface area contributed by atoms with Crippen LogP contribution in [-0.4, -0.2) is 17.0 Å². The summed E-state index contributed by atoms with van der Waals surface area (Å²) in [7, 11) is 1.97. The molecular formula is C13H16ClN5. The highest BCUT2D eigenvalue weighted by atomic mass is 35.5. The summed E-state index contributed by atoms with van der Waals surface area (Å²) in [4.78, 5) is 10.3. The van der Waals surface area contributed by atoms with Crippen LogP contribution in [0.3, 0.4) is 0 Å². The van der Waals surface area contributed by atoms with Gasteiger partial charge in [-0.1, -0.05) is 23.7 Å². The number of hydrogen-bond acceptors (Lipinski definition) is 5. The number of benzene rings is 1. The van der Waals surface area contributed by atoms with Gasteiger partial charge >= 0.3 is 0 Å². The van der Waals surface area contributed by atoms with Gasteiger partial charge in [0.2, 0.25) is 0 Å². The molecule has 2 rings (SSSR count). The first-order valence-electron chi connectivity index (χ1n) is 5.89. The quantitative estimate of drug-likeness (QED) is 0.664. The summed E-state index contributed by atoms with van der Waals surface area (Å²) in [5.74, 6) is 6.72. The number of nitrogens with two attached hydrogens (primary N) is 1. The molecule has 100 valence electrons. The maximum Gasteiger partial charge on any atom is 0.145 e. The summed E-state index contributed by atoms with van der Waals surface area (Å²) in [5, 5.41) is 0.727. The Balaban J connectivity index is 2.25. The standard InChI is InChI=1S/C13H16ClN5/c1-9(10-4-3-5-11(14)6-10)19(2)13-7-12(18-15)16-8-17-13/h3-9H,15H2,1-2H3,(H,16,17,18). The molecule has 0 aliphatic rings. The van der Waals surface area contributed by atoms with Gasteiger partial charge in [0.15, 0.2) is 0 Å². The second-order valence-corrected chi connectivity index (χ2v) is 4.68. The summed E-state index contributed by atoms with van der Waals surface area (Å²) < 4.78 is 0. The third-order valence-electron chi connectivity index (χ3n) is 3.07. The van der Waals surface area contributed by atoms with Gasteiger partial charge in [-0.15, -0.1) is 0 Å². The van der Waals surface area contributed by atoms with E-state index in [0.29, 0.717) is 5.82 Å². The van der Waals surface area contributed by atoms with Crippen molar-refractivity contribution in [2.24, 2.45) is 5.84 Å². The number of nitrogen functional groups attached to an aromatic ring is 1. The molecule has 3 N–H and O–H groups in total. The van der Waals surface area contributed by atoms with E-state index in [1.807, 2.05) is 36.2 Å². The van der Waals surface area contributed by atoms with E-state index in [1.54, 1.807) is 6.07 Å². The van der Waals surface area contributed by atoms with Gasteiger partial charge in [-0.2, -0.15) is 0 Å². The Kier molecular flexibility index (Phi) is 4.19. The Labute approximate surface area is 117 Å². The van der Waals surface area contributed by atoms with Crippen LogP contribution in [0.2, 0.25) is 5.02 Å². The Morgan fingerprint density at radius 3 is 2.79 bits per heavy atom. The van der Waals surface area contributed by atoms with Crippen molar-refractivity contribution in [3.63, 3.8) is 0 Å². The molecule has 0 aliphatic carbocycles. The first-order valence-corrected chi connectivity index (χ1v) is 6.26. The minimum absolute atomic E-state index is 0.138. The van der Waals surface area contributed by atoms with E-state index in [9.17, 15) is 0 Å². The van der Waals surface area contributed by atoms with Gasteiger partial charge in [0, 0.05) is 18.1 Å². The smallest absolute Gasteiger partial charge is 0.145 e. The molecule has 1 atom stereocenters. The summed E-state index contributed by atoms with van der Waals surface area (Å²) in [6, 6.07) is 9.72. The van der Waals surface area contributed by atoms with E-state index in [-0.39, 0.29) is 6.04 Å². The van der Waals surface area contributed by atoms with Crippen LogP contribution in [0.25, 0.3) is 0 Å². The Bertz CT molecular complexity index is 560. The van der Waals surface area contributed by atoms with Crippen molar-refractivity contribution in [3.05, 3.63) is 47.2 Å². The molecule has 1 aromatic carbocycles. The van der Waals surface area contributed by atoms with Crippen molar-refractivity contribution in [2.45, 2.75) is 13.0 Å². The number of nitrogens with zero attached hydrogens (tertiary/aromatic N) is 3. The maximum atomic E-state index is 6.02. The zero-order valence-electron chi connectivity index (χ0n) is 10.8. The van der Waals surface area contributed by atoms with Gasteiger partial charge in [0.1, 0.15) is 18.0 Å².